The van der Waals surface area contributed by atoms with Gasteiger partial charge in [-0.2, -0.15) is 0 Å². The molecule has 2 aromatic rings. The van der Waals surface area contributed by atoms with E-state index in [1.54, 1.807) is 28.8 Å². The number of hydrogen-bond donors (Lipinski definition) is 1. The first kappa shape index (κ1) is 13.2. The molecule has 0 saturated heterocycles. The van der Waals surface area contributed by atoms with Crippen LogP contribution in [-0.2, 0) is 19.4 Å². The third-order valence-corrected chi connectivity index (χ3v) is 3.90. The fourth-order valence-corrected chi connectivity index (χ4v) is 2.72. The summed E-state index contributed by atoms with van der Waals surface area (Å²) in [6.45, 7) is 0.152. The summed E-state index contributed by atoms with van der Waals surface area (Å²) in [5.74, 6) is 0.833. The zero-order valence-corrected chi connectivity index (χ0v) is 11.7. The van der Waals surface area contributed by atoms with Gasteiger partial charge in [0.25, 0.3) is 5.68 Å². The fraction of sp³-hybridized carbons (Fsp3) is 0.333. The van der Waals surface area contributed by atoms with E-state index in [4.69, 9.17) is 21.4 Å². The van der Waals surface area contributed by atoms with Crippen LogP contribution in [0.15, 0.2) is 28.7 Å². The quantitative estimate of drug-likeness (QED) is 0.884. The smallest absolute Gasteiger partial charge is 0.294 e. The van der Waals surface area contributed by atoms with Gasteiger partial charge >= 0.3 is 0 Å². The molecule has 1 aliphatic carbocycles. The molecule has 1 N–H and O–H groups in total. The first-order chi connectivity index (χ1) is 9.65. The Morgan fingerprint density at radius 1 is 1.25 bits per heavy atom. The number of benzene rings is 1. The van der Waals surface area contributed by atoms with Crippen LogP contribution in [0.25, 0.3) is 0 Å². The third-order valence-electron chi connectivity index (χ3n) is 3.65. The lowest BCUT2D eigenvalue weighted by Crippen LogP contribution is -2.23. The van der Waals surface area contributed by atoms with Crippen LogP contribution in [-0.4, -0.2) is 10.4 Å². The van der Waals surface area contributed by atoms with E-state index in [0.29, 0.717) is 10.6 Å². The van der Waals surface area contributed by atoms with Crippen LogP contribution in [0.1, 0.15) is 34.7 Å². The largest absolute Gasteiger partial charge is 0.429 e. The summed E-state index contributed by atoms with van der Waals surface area (Å²) < 4.78 is 7.14. The van der Waals surface area contributed by atoms with E-state index in [9.17, 15) is 4.79 Å². The molecule has 1 heterocycles. The number of ketones is 1. The first-order valence-electron chi connectivity index (χ1n) is 6.70. The topological polar surface area (TPSA) is 59.0 Å². The number of carbonyl (C=O) groups excluding carboxylic acids is 1. The van der Waals surface area contributed by atoms with Crippen molar-refractivity contribution in [3.8, 4) is 0 Å². The van der Waals surface area contributed by atoms with E-state index in [0.717, 1.165) is 37.1 Å². The highest BCUT2D eigenvalue weighted by Crippen LogP contribution is 2.20. The van der Waals surface area contributed by atoms with E-state index >= 15 is 0 Å². The number of fused-ring (bicyclic) bond motifs is 1. The van der Waals surface area contributed by atoms with Crippen molar-refractivity contribution in [1.29, 1.82) is 5.41 Å². The standard InChI is InChI=1S/C15H15ClN2O2/c16-11-7-5-10(6-8-11)13(19)9-18-12-3-1-2-4-14(12)20-15(18)17/h5-8,17H,1-4,9H2. The maximum atomic E-state index is 12.3. The highest BCUT2D eigenvalue weighted by molar-refractivity contribution is 6.30. The van der Waals surface area contributed by atoms with Crippen molar-refractivity contribution in [3.63, 3.8) is 0 Å². The van der Waals surface area contributed by atoms with Gasteiger partial charge in [-0.05, 0) is 43.5 Å². The molecule has 20 heavy (non-hydrogen) atoms. The summed E-state index contributed by atoms with van der Waals surface area (Å²) in [7, 11) is 0. The molecule has 0 amide bonds. The van der Waals surface area contributed by atoms with Crippen molar-refractivity contribution in [1.82, 2.24) is 4.57 Å². The number of nitrogens with one attached hydrogen (secondary N) is 1. The maximum absolute atomic E-state index is 12.3. The molecule has 0 radical (unpaired) electrons. The first-order valence-corrected chi connectivity index (χ1v) is 7.07. The van der Waals surface area contributed by atoms with E-state index in [2.05, 4.69) is 0 Å². The highest BCUT2D eigenvalue weighted by atomic mass is 35.5. The Bertz CT molecular complexity index is 698. The number of hydrogen-bond acceptors (Lipinski definition) is 3. The van der Waals surface area contributed by atoms with E-state index in [1.807, 2.05) is 0 Å². The average Bonchev–Trinajstić information content (AvgIpc) is 2.76. The molecule has 0 atom stereocenters. The minimum Gasteiger partial charge on any atom is -0.429 e. The molecular weight excluding hydrogens is 276 g/mol. The van der Waals surface area contributed by atoms with Crippen LogP contribution in [0.3, 0.4) is 0 Å². The number of aromatic nitrogens is 1. The molecule has 0 spiro atoms. The number of aryl methyl sites for hydroxylation is 1. The molecule has 1 aromatic heterocycles. The van der Waals surface area contributed by atoms with Gasteiger partial charge in [-0.15, -0.1) is 0 Å². The Kier molecular flexibility index (Phi) is 3.49. The molecule has 5 heteroatoms. The van der Waals surface area contributed by atoms with Crippen LogP contribution in [0.4, 0.5) is 0 Å². The van der Waals surface area contributed by atoms with Crippen molar-refractivity contribution in [3.05, 3.63) is 52.0 Å². The second-order valence-corrected chi connectivity index (χ2v) is 5.44. The number of rotatable bonds is 3. The van der Waals surface area contributed by atoms with Crippen molar-refractivity contribution in [2.45, 2.75) is 32.2 Å². The van der Waals surface area contributed by atoms with Gasteiger partial charge in [-0.25, -0.2) is 0 Å². The van der Waals surface area contributed by atoms with E-state index in [-0.39, 0.29) is 18.0 Å². The van der Waals surface area contributed by atoms with Gasteiger partial charge in [0.1, 0.15) is 5.76 Å². The third kappa shape index (κ3) is 2.43. The summed E-state index contributed by atoms with van der Waals surface area (Å²) >= 11 is 5.82. The zero-order valence-electron chi connectivity index (χ0n) is 11.0. The summed E-state index contributed by atoms with van der Waals surface area (Å²) in [6, 6.07) is 6.82. The second-order valence-electron chi connectivity index (χ2n) is 5.00. The summed E-state index contributed by atoms with van der Waals surface area (Å²) in [6.07, 6.45) is 3.92. The van der Waals surface area contributed by atoms with Gasteiger partial charge < -0.3 is 4.42 Å². The summed E-state index contributed by atoms with van der Waals surface area (Å²) in [5, 5.41) is 8.49. The zero-order chi connectivity index (χ0) is 14.1. The van der Waals surface area contributed by atoms with E-state index in [1.165, 1.54) is 0 Å². The Morgan fingerprint density at radius 3 is 2.70 bits per heavy atom. The molecule has 1 aliphatic rings. The number of oxazole rings is 1. The monoisotopic (exact) mass is 290 g/mol. The molecule has 0 bridgehead atoms. The van der Waals surface area contributed by atoms with Crippen molar-refractivity contribution in [2.75, 3.05) is 0 Å². The van der Waals surface area contributed by atoms with E-state index < -0.39 is 0 Å². The van der Waals surface area contributed by atoms with Gasteiger partial charge in [0.15, 0.2) is 5.78 Å². The Labute approximate surface area is 121 Å². The lowest BCUT2D eigenvalue weighted by Gasteiger charge is -2.12. The van der Waals surface area contributed by atoms with Crippen LogP contribution in [0.5, 0.6) is 0 Å². The predicted molar refractivity (Wildman–Crippen MR) is 75.0 cm³/mol. The van der Waals surface area contributed by atoms with Gasteiger partial charge in [0.05, 0.1) is 12.2 Å². The number of halogens is 1. The average molecular weight is 291 g/mol. The molecule has 1 aromatic carbocycles. The minimum atomic E-state index is -0.0330. The van der Waals surface area contributed by atoms with Gasteiger partial charge in [-0.1, -0.05) is 11.6 Å². The van der Waals surface area contributed by atoms with Crippen molar-refractivity contribution < 1.29 is 9.21 Å². The van der Waals surface area contributed by atoms with Gasteiger partial charge in [-0.3, -0.25) is 14.8 Å². The highest BCUT2D eigenvalue weighted by Gasteiger charge is 2.20. The predicted octanol–water partition coefficient (Wildman–Crippen LogP) is 2.98. The molecule has 0 unspecified atom stereocenters. The maximum Gasteiger partial charge on any atom is 0.294 e. The molecule has 4 nitrogen and oxygen atoms in total. The minimum absolute atomic E-state index is 0.0330. The summed E-state index contributed by atoms with van der Waals surface area (Å²) in [5.41, 5.74) is 1.68. The summed E-state index contributed by atoms with van der Waals surface area (Å²) in [4.78, 5) is 12.3. The molecule has 0 aliphatic heterocycles. The normalized spacial score (nSPS) is 14.1. The lowest BCUT2D eigenvalue weighted by molar-refractivity contribution is 0.0967. The van der Waals surface area contributed by atoms with Crippen LogP contribution in [0, 0.1) is 5.41 Å². The SMILES string of the molecule is N=c1oc2c(n1CC(=O)c1ccc(Cl)cc1)CCCC2. The molecular formula is C15H15ClN2O2. The Balaban J connectivity index is 1.88. The fourth-order valence-electron chi connectivity index (χ4n) is 2.59. The molecule has 3 rings (SSSR count). The number of carbonyl (C=O) groups is 1. The Hall–Kier alpha value is -1.81. The van der Waals surface area contributed by atoms with Crippen molar-refractivity contribution >= 4 is 17.4 Å². The van der Waals surface area contributed by atoms with Crippen LogP contribution in [0.2, 0.25) is 5.02 Å². The van der Waals surface area contributed by atoms with Crippen molar-refractivity contribution in [2.24, 2.45) is 0 Å². The van der Waals surface area contributed by atoms with Gasteiger partial charge in [0, 0.05) is 17.0 Å². The van der Waals surface area contributed by atoms with Crippen LogP contribution >= 0.6 is 11.6 Å². The number of nitrogens with zero attached hydrogens (tertiary/aromatic N) is 1. The molecule has 0 saturated carbocycles. The Morgan fingerprint density at radius 2 is 1.95 bits per heavy atom. The van der Waals surface area contributed by atoms with Crippen LogP contribution < -0.4 is 5.68 Å². The van der Waals surface area contributed by atoms with Gasteiger partial charge in [0.2, 0.25) is 0 Å². The lowest BCUT2D eigenvalue weighted by atomic mass is 10.0. The molecule has 104 valence electrons. The molecule has 0 fully saturated rings. The second kappa shape index (κ2) is 5.29. The number of Topliss-reactive ketones (excluding diaryl/α,β-unsaturated/α-hetero) is 1.